The van der Waals surface area contributed by atoms with Crippen LogP contribution in [-0.4, -0.2) is 6.54 Å². The van der Waals surface area contributed by atoms with Crippen LogP contribution in [0.2, 0.25) is 0 Å². The third kappa shape index (κ3) is 2.58. The quantitative estimate of drug-likeness (QED) is 0.706. The van der Waals surface area contributed by atoms with E-state index in [-0.39, 0.29) is 0 Å². The highest BCUT2D eigenvalue weighted by Gasteiger charge is 2.32. The van der Waals surface area contributed by atoms with E-state index in [1.807, 2.05) is 11.3 Å². The van der Waals surface area contributed by atoms with Crippen molar-refractivity contribution in [2.45, 2.75) is 38.6 Å². The van der Waals surface area contributed by atoms with Gasteiger partial charge in [0.25, 0.3) is 0 Å². The zero-order valence-electron chi connectivity index (χ0n) is 8.83. The van der Waals surface area contributed by atoms with E-state index in [1.165, 1.54) is 37.1 Å². The van der Waals surface area contributed by atoms with Gasteiger partial charge in [-0.1, -0.05) is 19.4 Å². The molecule has 0 aliphatic heterocycles. The van der Waals surface area contributed by atoms with Crippen LogP contribution in [0.4, 0.5) is 0 Å². The Morgan fingerprint density at radius 1 is 1.57 bits per heavy atom. The Labute approximate surface area is 90.5 Å². The maximum atomic E-state index is 3.70. The number of unbranched alkanes of at least 4 members (excludes halogenated alkanes) is 1. The molecule has 1 aliphatic carbocycles. The molecule has 0 amide bonds. The van der Waals surface area contributed by atoms with Crippen molar-refractivity contribution in [2.75, 3.05) is 6.54 Å². The van der Waals surface area contributed by atoms with E-state index in [4.69, 9.17) is 0 Å². The Morgan fingerprint density at radius 2 is 2.43 bits per heavy atom. The van der Waals surface area contributed by atoms with E-state index in [0.717, 1.165) is 5.92 Å². The molecule has 78 valence electrons. The molecule has 1 atom stereocenters. The molecular formula is C12H19NS. The standard InChI is InChI=1S/C12H19NS/c1-2-3-8-13-12(10-6-7-10)11-5-4-9-14-11/h4-5,9-10,12-13H,2-3,6-8H2,1H3. The number of hydrogen-bond acceptors (Lipinski definition) is 2. The van der Waals surface area contributed by atoms with Crippen LogP contribution in [0, 0.1) is 5.92 Å². The predicted octanol–water partition coefficient (Wildman–Crippen LogP) is 3.59. The number of rotatable bonds is 6. The number of thiophene rings is 1. The van der Waals surface area contributed by atoms with E-state index in [0.29, 0.717) is 6.04 Å². The molecule has 2 heteroatoms. The van der Waals surface area contributed by atoms with E-state index >= 15 is 0 Å². The van der Waals surface area contributed by atoms with Gasteiger partial charge in [-0.2, -0.15) is 0 Å². The first-order chi connectivity index (χ1) is 6.92. The first-order valence-electron chi connectivity index (χ1n) is 5.68. The van der Waals surface area contributed by atoms with Crippen molar-refractivity contribution >= 4 is 11.3 Å². The Hall–Kier alpha value is -0.340. The first-order valence-corrected chi connectivity index (χ1v) is 6.56. The highest BCUT2D eigenvalue weighted by molar-refractivity contribution is 7.10. The summed E-state index contributed by atoms with van der Waals surface area (Å²) < 4.78 is 0. The average Bonchev–Trinajstić information content (AvgIpc) is 2.88. The molecule has 14 heavy (non-hydrogen) atoms. The van der Waals surface area contributed by atoms with E-state index in [2.05, 4.69) is 29.8 Å². The van der Waals surface area contributed by atoms with Gasteiger partial charge in [-0.15, -0.1) is 11.3 Å². The molecule has 1 unspecified atom stereocenters. The molecule has 2 rings (SSSR count). The maximum Gasteiger partial charge on any atom is 0.0443 e. The summed E-state index contributed by atoms with van der Waals surface area (Å²) in [5.74, 6) is 0.922. The summed E-state index contributed by atoms with van der Waals surface area (Å²) in [5.41, 5.74) is 0. The maximum absolute atomic E-state index is 3.70. The summed E-state index contributed by atoms with van der Waals surface area (Å²) in [6.07, 6.45) is 5.42. The van der Waals surface area contributed by atoms with Crippen molar-refractivity contribution in [3.63, 3.8) is 0 Å². The molecule has 1 heterocycles. The van der Waals surface area contributed by atoms with Gasteiger partial charge < -0.3 is 5.32 Å². The van der Waals surface area contributed by atoms with Crippen LogP contribution in [0.15, 0.2) is 17.5 Å². The predicted molar refractivity (Wildman–Crippen MR) is 62.7 cm³/mol. The molecule has 0 saturated heterocycles. The molecule has 1 fully saturated rings. The van der Waals surface area contributed by atoms with Crippen molar-refractivity contribution < 1.29 is 0 Å². The summed E-state index contributed by atoms with van der Waals surface area (Å²) in [4.78, 5) is 1.53. The van der Waals surface area contributed by atoms with Crippen LogP contribution in [0.3, 0.4) is 0 Å². The minimum Gasteiger partial charge on any atom is -0.309 e. The van der Waals surface area contributed by atoms with Gasteiger partial charge in [0.15, 0.2) is 0 Å². The molecule has 0 spiro atoms. The Kier molecular flexibility index (Phi) is 3.60. The van der Waals surface area contributed by atoms with Crippen molar-refractivity contribution in [3.8, 4) is 0 Å². The van der Waals surface area contributed by atoms with Crippen molar-refractivity contribution in [1.82, 2.24) is 5.32 Å². The van der Waals surface area contributed by atoms with Gasteiger partial charge in [0.1, 0.15) is 0 Å². The second-order valence-electron chi connectivity index (χ2n) is 4.14. The average molecular weight is 209 g/mol. The molecule has 1 aromatic rings. The fourth-order valence-electron chi connectivity index (χ4n) is 1.83. The van der Waals surface area contributed by atoms with Gasteiger partial charge >= 0.3 is 0 Å². The topological polar surface area (TPSA) is 12.0 Å². The smallest absolute Gasteiger partial charge is 0.0443 e. The fraction of sp³-hybridized carbons (Fsp3) is 0.667. The van der Waals surface area contributed by atoms with E-state index < -0.39 is 0 Å². The summed E-state index contributed by atoms with van der Waals surface area (Å²) in [6, 6.07) is 5.09. The summed E-state index contributed by atoms with van der Waals surface area (Å²) in [5, 5.41) is 5.88. The second-order valence-corrected chi connectivity index (χ2v) is 5.12. The molecule has 1 aliphatic rings. The van der Waals surface area contributed by atoms with Gasteiger partial charge in [-0.3, -0.25) is 0 Å². The lowest BCUT2D eigenvalue weighted by Crippen LogP contribution is -2.23. The molecule has 1 aromatic heterocycles. The minimum absolute atomic E-state index is 0.654. The SMILES string of the molecule is CCCCNC(c1cccs1)C1CC1. The van der Waals surface area contributed by atoms with Crippen LogP contribution in [0.5, 0.6) is 0 Å². The zero-order chi connectivity index (χ0) is 9.80. The number of nitrogens with one attached hydrogen (secondary N) is 1. The Morgan fingerprint density at radius 3 is 3.00 bits per heavy atom. The van der Waals surface area contributed by atoms with Crippen LogP contribution in [0.1, 0.15) is 43.5 Å². The monoisotopic (exact) mass is 209 g/mol. The van der Waals surface area contributed by atoms with Crippen molar-refractivity contribution in [3.05, 3.63) is 22.4 Å². The van der Waals surface area contributed by atoms with Crippen molar-refractivity contribution in [1.29, 1.82) is 0 Å². The third-order valence-electron chi connectivity index (χ3n) is 2.84. The van der Waals surface area contributed by atoms with Gasteiger partial charge in [-0.25, -0.2) is 0 Å². The van der Waals surface area contributed by atoms with E-state index in [1.54, 1.807) is 0 Å². The largest absolute Gasteiger partial charge is 0.309 e. The molecule has 0 bridgehead atoms. The minimum atomic E-state index is 0.654. The van der Waals surface area contributed by atoms with Crippen LogP contribution >= 0.6 is 11.3 Å². The lowest BCUT2D eigenvalue weighted by molar-refractivity contribution is 0.480. The summed E-state index contributed by atoms with van der Waals surface area (Å²) >= 11 is 1.89. The summed E-state index contributed by atoms with van der Waals surface area (Å²) in [7, 11) is 0. The normalized spacial score (nSPS) is 18.4. The van der Waals surface area contributed by atoms with Crippen LogP contribution < -0.4 is 5.32 Å². The van der Waals surface area contributed by atoms with Crippen molar-refractivity contribution in [2.24, 2.45) is 5.92 Å². The van der Waals surface area contributed by atoms with Gasteiger partial charge in [0.2, 0.25) is 0 Å². The van der Waals surface area contributed by atoms with Gasteiger partial charge in [-0.05, 0) is 43.2 Å². The second kappa shape index (κ2) is 4.94. The fourth-order valence-corrected chi connectivity index (χ4v) is 2.73. The highest BCUT2D eigenvalue weighted by Crippen LogP contribution is 2.42. The molecule has 1 nitrogen and oxygen atoms in total. The Bertz CT molecular complexity index is 251. The van der Waals surface area contributed by atoms with E-state index in [9.17, 15) is 0 Å². The van der Waals surface area contributed by atoms with Crippen LogP contribution in [0.25, 0.3) is 0 Å². The van der Waals surface area contributed by atoms with Gasteiger partial charge in [0.05, 0.1) is 0 Å². The highest BCUT2D eigenvalue weighted by atomic mass is 32.1. The first kappa shape index (κ1) is 10.2. The number of hydrogen-bond donors (Lipinski definition) is 1. The molecular weight excluding hydrogens is 190 g/mol. The molecule has 0 radical (unpaired) electrons. The van der Waals surface area contributed by atoms with Crippen LogP contribution in [-0.2, 0) is 0 Å². The Balaban J connectivity index is 1.88. The molecule has 0 aromatic carbocycles. The molecule has 1 saturated carbocycles. The third-order valence-corrected chi connectivity index (χ3v) is 3.79. The lowest BCUT2D eigenvalue weighted by atomic mass is 10.1. The molecule has 1 N–H and O–H groups in total. The summed E-state index contributed by atoms with van der Waals surface area (Å²) in [6.45, 7) is 3.43. The van der Waals surface area contributed by atoms with Gasteiger partial charge in [0, 0.05) is 10.9 Å². The lowest BCUT2D eigenvalue weighted by Gasteiger charge is -2.16. The zero-order valence-corrected chi connectivity index (χ0v) is 9.65.